The maximum absolute atomic E-state index is 11.8. The number of hydrogen-bond donors (Lipinski definition) is 3. The molecule has 0 radical (unpaired) electrons. The van der Waals surface area contributed by atoms with Crippen molar-refractivity contribution in [1.82, 2.24) is 9.55 Å². The molecule has 20 heavy (non-hydrogen) atoms. The van der Waals surface area contributed by atoms with Crippen LogP contribution in [0.25, 0.3) is 5.03 Å². The van der Waals surface area contributed by atoms with E-state index in [1.165, 1.54) is 10.3 Å². The van der Waals surface area contributed by atoms with Crippen LogP contribution < -0.4 is 11.2 Å². The lowest BCUT2D eigenvalue weighted by Crippen LogP contribution is -2.33. The number of halogens is 2. The van der Waals surface area contributed by atoms with Crippen molar-refractivity contribution in [3.63, 3.8) is 0 Å². The second-order valence-electron chi connectivity index (χ2n) is 4.28. The number of nitrogens with zero attached hydrogens (tertiary/aromatic N) is 1. The van der Waals surface area contributed by atoms with E-state index in [-0.39, 0.29) is 23.6 Å². The summed E-state index contributed by atoms with van der Waals surface area (Å²) in [5, 5.41) is 18.9. The highest BCUT2D eigenvalue weighted by molar-refractivity contribution is 14.1. The Morgan fingerprint density at radius 2 is 2.35 bits per heavy atom. The van der Waals surface area contributed by atoms with Crippen LogP contribution in [0.1, 0.15) is 18.2 Å². The van der Waals surface area contributed by atoms with Gasteiger partial charge in [-0.25, -0.2) is 4.79 Å². The van der Waals surface area contributed by atoms with Crippen molar-refractivity contribution in [3.8, 4) is 0 Å². The van der Waals surface area contributed by atoms with Crippen molar-refractivity contribution in [1.29, 1.82) is 0 Å². The Kier molecular flexibility index (Phi) is 5.02. The second kappa shape index (κ2) is 6.39. The normalized spacial score (nSPS) is 27.0. The first-order valence-corrected chi connectivity index (χ1v) is 7.36. The van der Waals surface area contributed by atoms with E-state index in [1.54, 1.807) is 0 Å². The van der Waals surface area contributed by atoms with Crippen LogP contribution in [0.2, 0.25) is 0 Å². The third kappa shape index (κ3) is 2.98. The van der Waals surface area contributed by atoms with Crippen molar-refractivity contribution < 1.29 is 14.9 Å². The summed E-state index contributed by atoms with van der Waals surface area (Å²) in [6.07, 6.45) is -0.956. The number of rotatable bonds is 3. The van der Waals surface area contributed by atoms with Crippen LogP contribution >= 0.6 is 34.2 Å². The summed E-state index contributed by atoms with van der Waals surface area (Å²) in [6.45, 7) is -0.350. The number of hydrogen-bond acceptors (Lipinski definition) is 5. The summed E-state index contributed by atoms with van der Waals surface area (Å²) in [5.74, 6) is 0. The van der Waals surface area contributed by atoms with Crippen LogP contribution in [0.15, 0.2) is 19.9 Å². The van der Waals surface area contributed by atoms with Crippen molar-refractivity contribution in [2.45, 2.75) is 24.9 Å². The molecular weight excluding hydrogens is 402 g/mol. The Morgan fingerprint density at radius 3 is 2.90 bits per heavy atom. The predicted octanol–water partition coefficient (Wildman–Crippen LogP) is 0.150. The lowest BCUT2D eigenvalue weighted by Gasteiger charge is -2.15. The van der Waals surface area contributed by atoms with Gasteiger partial charge < -0.3 is 14.9 Å². The van der Waals surface area contributed by atoms with Gasteiger partial charge in [0.05, 0.1) is 23.3 Å². The van der Waals surface area contributed by atoms with Gasteiger partial charge in [-0.15, -0.1) is 0 Å². The Labute approximate surface area is 132 Å². The second-order valence-corrected chi connectivity index (χ2v) is 5.31. The quantitative estimate of drug-likeness (QED) is 0.611. The van der Waals surface area contributed by atoms with E-state index in [4.69, 9.17) is 21.4 Å². The van der Waals surface area contributed by atoms with Gasteiger partial charge in [0.1, 0.15) is 12.3 Å². The Hall–Kier alpha value is -0.680. The summed E-state index contributed by atoms with van der Waals surface area (Å²) in [6, 6.07) is 0. The monoisotopic (exact) mass is 414 g/mol. The largest absolute Gasteiger partial charge is 0.394 e. The molecule has 3 atom stereocenters. The first kappa shape index (κ1) is 15.7. The molecule has 0 saturated carbocycles. The van der Waals surface area contributed by atoms with Crippen LogP contribution in [0, 0.1) is 0 Å². The molecule has 1 aromatic rings. The zero-order chi connectivity index (χ0) is 14.9. The number of nitrogens with one attached hydrogen (secondary N) is 1. The minimum absolute atomic E-state index is 0.131. The molecule has 0 bridgehead atoms. The van der Waals surface area contributed by atoms with E-state index in [0.717, 1.165) is 4.57 Å². The molecule has 0 aromatic carbocycles. The summed E-state index contributed by atoms with van der Waals surface area (Å²) < 4.78 is 8.02. The fourth-order valence-corrected chi connectivity index (χ4v) is 2.45. The first-order chi connectivity index (χ1) is 9.47. The zero-order valence-corrected chi connectivity index (χ0v) is 13.0. The molecule has 2 rings (SSSR count). The van der Waals surface area contributed by atoms with Crippen LogP contribution in [0.5, 0.6) is 0 Å². The molecule has 0 unspecified atom stereocenters. The highest BCUT2D eigenvalue weighted by atomic mass is 127. The molecule has 3 N–H and O–H groups in total. The van der Waals surface area contributed by atoms with E-state index in [1.807, 2.05) is 22.6 Å². The van der Waals surface area contributed by atoms with Crippen molar-refractivity contribution in [2.75, 3.05) is 6.61 Å². The summed E-state index contributed by atoms with van der Waals surface area (Å²) in [5.41, 5.74) is -1.12. The van der Waals surface area contributed by atoms with Gasteiger partial charge in [-0.05, 0) is 4.08 Å². The average Bonchev–Trinajstić information content (AvgIpc) is 2.79. The van der Waals surface area contributed by atoms with Gasteiger partial charge in [0.25, 0.3) is 5.56 Å². The number of aliphatic hydroxyl groups is 2. The van der Waals surface area contributed by atoms with E-state index < -0.39 is 29.7 Å². The molecule has 1 saturated heterocycles. The Bertz CT molecular complexity index is 640. The maximum Gasteiger partial charge on any atom is 0.330 e. The van der Waals surface area contributed by atoms with Gasteiger partial charge >= 0.3 is 5.69 Å². The molecule has 1 fully saturated rings. The SMILES string of the molecule is O=c1[nH]c(=O)n([C@H]2C[C@H](O)[C@@H](CO)O2)cc1C(Cl)=CI. The standard InChI is InChI=1S/C11H12ClIN2O5/c12-6(2-13)5-3-15(11(19)14-10(5)18)9-1-7(17)8(4-16)20-9/h2-3,7-9,16-17H,1,4H2,(H,14,18,19)/t7-,8+,9+/m0/s1. The summed E-state index contributed by atoms with van der Waals surface area (Å²) >= 11 is 7.78. The minimum atomic E-state index is -0.872. The molecular formula is C11H12ClIN2O5. The molecule has 7 nitrogen and oxygen atoms in total. The molecule has 1 aliphatic heterocycles. The molecule has 2 heterocycles. The van der Waals surface area contributed by atoms with Crippen LogP contribution in [-0.2, 0) is 4.74 Å². The Morgan fingerprint density at radius 1 is 1.65 bits per heavy atom. The fourth-order valence-electron chi connectivity index (χ4n) is 1.98. The molecule has 0 aliphatic carbocycles. The maximum atomic E-state index is 11.8. The van der Waals surface area contributed by atoms with E-state index in [2.05, 4.69) is 4.98 Å². The molecule has 0 spiro atoms. The highest BCUT2D eigenvalue weighted by Crippen LogP contribution is 2.28. The third-order valence-electron chi connectivity index (χ3n) is 3.02. The van der Waals surface area contributed by atoms with Gasteiger partial charge in [0, 0.05) is 12.6 Å². The smallest absolute Gasteiger partial charge is 0.330 e. The van der Waals surface area contributed by atoms with Crippen LogP contribution in [0.3, 0.4) is 0 Å². The topological polar surface area (TPSA) is 105 Å². The minimum Gasteiger partial charge on any atom is -0.394 e. The molecule has 9 heteroatoms. The van der Waals surface area contributed by atoms with Gasteiger partial charge in [0.2, 0.25) is 0 Å². The highest BCUT2D eigenvalue weighted by Gasteiger charge is 2.35. The molecule has 1 aromatic heterocycles. The van der Waals surface area contributed by atoms with E-state index in [0.29, 0.717) is 0 Å². The van der Waals surface area contributed by atoms with E-state index >= 15 is 0 Å². The summed E-state index contributed by atoms with van der Waals surface area (Å²) in [4.78, 5) is 25.6. The number of ether oxygens (including phenoxy) is 1. The number of aliphatic hydroxyl groups excluding tert-OH is 2. The Balaban J connectivity index is 2.43. The van der Waals surface area contributed by atoms with Crippen LogP contribution in [-0.4, -0.2) is 38.6 Å². The number of H-pyrrole nitrogens is 1. The zero-order valence-electron chi connectivity index (χ0n) is 10.1. The van der Waals surface area contributed by atoms with Crippen molar-refractivity contribution >= 4 is 39.2 Å². The molecule has 110 valence electrons. The van der Waals surface area contributed by atoms with Gasteiger partial charge in [-0.2, -0.15) is 0 Å². The predicted molar refractivity (Wildman–Crippen MR) is 80.8 cm³/mol. The van der Waals surface area contributed by atoms with Crippen molar-refractivity contribution in [2.24, 2.45) is 0 Å². The molecule has 1 aliphatic rings. The third-order valence-corrected chi connectivity index (χ3v) is 4.32. The molecule has 0 amide bonds. The van der Waals surface area contributed by atoms with Crippen LogP contribution in [0.4, 0.5) is 0 Å². The number of aromatic amines is 1. The lowest BCUT2D eigenvalue weighted by atomic mass is 10.2. The van der Waals surface area contributed by atoms with Gasteiger partial charge in [-0.3, -0.25) is 14.3 Å². The number of aromatic nitrogens is 2. The van der Waals surface area contributed by atoms with E-state index in [9.17, 15) is 14.7 Å². The van der Waals surface area contributed by atoms with Crippen molar-refractivity contribution in [3.05, 3.63) is 36.7 Å². The summed E-state index contributed by atoms with van der Waals surface area (Å²) in [7, 11) is 0. The fraction of sp³-hybridized carbons (Fsp3) is 0.455. The van der Waals surface area contributed by atoms with Gasteiger partial charge in [0.15, 0.2) is 0 Å². The van der Waals surface area contributed by atoms with Gasteiger partial charge in [-0.1, -0.05) is 34.2 Å². The average molecular weight is 415 g/mol. The lowest BCUT2D eigenvalue weighted by molar-refractivity contribution is -0.0459. The first-order valence-electron chi connectivity index (χ1n) is 5.74.